The van der Waals surface area contributed by atoms with E-state index in [9.17, 15) is 83.1 Å². The van der Waals surface area contributed by atoms with Crippen molar-refractivity contribution in [3.8, 4) is 11.5 Å². The Morgan fingerprint density at radius 2 is 0.943 bits per heavy atom. The van der Waals surface area contributed by atoms with Gasteiger partial charge in [0.15, 0.2) is 5.96 Å². The van der Waals surface area contributed by atoms with Crippen molar-refractivity contribution in [2.75, 3.05) is 32.0 Å². The van der Waals surface area contributed by atoms with Gasteiger partial charge in [0.1, 0.15) is 65.9 Å². The molecule has 0 aromatic heterocycles. The molecule has 0 saturated heterocycles. The lowest BCUT2D eigenvalue weighted by molar-refractivity contribution is -0.143. The molecule has 2 aromatic carbocycles. The Balaban J connectivity index is 2.21. The average molecular weight is 1260 g/mol. The molecule has 0 bridgehead atoms. The predicted molar refractivity (Wildman–Crippen MR) is 321 cm³/mol. The van der Waals surface area contributed by atoms with Gasteiger partial charge in [-0.05, 0) is 107 Å². The van der Waals surface area contributed by atoms with Crippen molar-refractivity contribution >= 4 is 89.6 Å². The van der Waals surface area contributed by atoms with Crippen LogP contribution < -0.4 is 76.1 Å². The SMILES string of the molecule is CC(C)C[C@H](N)C(=O)N[C@@H](Cc1ccc(O)cc1)C(=O)N[C@@H](CCCCN)C(=O)N[C@@H](C)C(=O)NCC(=O)N[C@@H](CS)C(=O)N[C@@H](CCCN=C(N)N)C(=O)N[C@@H](C)C(=O)N[C@@H](CCC(=O)O)C(=O)N[C@@H](Cc1ccc(O)cc1)C(=O)N[C@@H](CO)C(=O)O. The third kappa shape index (κ3) is 28.6. The number of carbonyl (C=O) groups excluding carboxylic acids is 10. The zero-order valence-corrected chi connectivity index (χ0v) is 50.3. The summed E-state index contributed by atoms with van der Waals surface area (Å²) in [6.07, 6.45) is -0.501. The van der Waals surface area contributed by atoms with Crippen LogP contribution in [0.5, 0.6) is 11.5 Å². The number of guanidine groups is 1. The van der Waals surface area contributed by atoms with Gasteiger partial charge in [0.05, 0.1) is 19.2 Å². The van der Waals surface area contributed by atoms with Crippen LogP contribution in [0.4, 0.5) is 0 Å². The Kier molecular flexibility index (Phi) is 33.4. The lowest BCUT2D eigenvalue weighted by Gasteiger charge is -2.26. The number of phenols is 2. The fraction of sp³-hybridized carbons (Fsp3) is 0.545. The first-order chi connectivity index (χ1) is 41.5. The maximum Gasteiger partial charge on any atom is 0.328 e. The number of unbranched alkanes of at least 4 members (excludes halogenated alkanes) is 1. The smallest absolute Gasteiger partial charge is 0.328 e. The van der Waals surface area contributed by atoms with Crippen LogP contribution in [0.3, 0.4) is 0 Å². The summed E-state index contributed by atoms with van der Waals surface area (Å²) in [7, 11) is 0. The van der Waals surface area contributed by atoms with Crippen molar-refractivity contribution in [2.24, 2.45) is 33.8 Å². The molecule has 32 nitrogen and oxygen atoms in total. The normalized spacial score (nSPS) is 14.4. The number of aromatic hydroxyl groups is 2. The van der Waals surface area contributed by atoms with Crippen molar-refractivity contribution in [1.82, 2.24) is 53.2 Å². The highest BCUT2D eigenvalue weighted by molar-refractivity contribution is 7.80. The van der Waals surface area contributed by atoms with E-state index in [1.54, 1.807) is 12.1 Å². The second-order valence-corrected chi connectivity index (χ2v) is 21.4. The monoisotopic (exact) mass is 1260 g/mol. The van der Waals surface area contributed by atoms with E-state index >= 15 is 0 Å². The quantitative estimate of drug-likeness (QED) is 0.0128. The molecule has 0 radical (unpaired) electrons. The summed E-state index contributed by atoms with van der Waals surface area (Å²) in [4.78, 5) is 163. The first kappa shape index (κ1) is 75.3. The number of hydrogen-bond acceptors (Lipinski definition) is 19. The summed E-state index contributed by atoms with van der Waals surface area (Å²) in [5.41, 5.74) is 23.6. The molecule has 88 heavy (non-hydrogen) atoms. The Morgan fingerprint density at radius 3 is 1.40 bits per heavy atom. The van der Waals surface area contributed by atoms with Crippen LogP contribution in [0.2, 0.25) is 0 Å². The number of aliphatic imine (C=N–C) groups is 1. The molecule has 10 amide bonds. The molecule has 0 fully saturated rings. The Hall–Kier alpha value is -8.82. The number of rotatable bonds is 40. The van der Waals surface area contributed by atoms with Crippen LogP contribution in [0.25, 0.3) is 0 Å². The van der Waals surface area contributed by atoms with Crippen LogP contribution >= 0.6 is 12.6 Å². The van der Waals surface area contributed by atoms with E-state index in [-0.39, 0.29) is 74.3 Å². The minimum Gasteiger partial charge on any atom is -0.508 e. The number of phenolic OH excluding ortho intramolecular Hbond substituents is 2. The van der Waals surface area contributed by atoms with Crippen LogP contribution in [-0.2, 0) is 70.4 Å². The Labute approximate surface area is 513 Å². The van der Waals surface area contributed by atoms with Gasteiger partial charge >= 0.3 is 11.9 Å². The molecule has 0 unspecified atom stereocenters. The number of carboxylic acid groups (broad SMARTS) is 2. The van der Waals surface area contributed by atoms with Crippen molar-refractivity contribution in [3.05, 3.63) is 59.7 Å². The molecule has 0 spiro atoms. The number of carboxylic acids is 2. The molecule has 0 aliphatic rings. The van der Waals surface area contributed by atoms with Crippen LogP contribution in [-0.4, -0.2) is 195 Å². The Bertz CT molecular complexity index is 2720. The Morgan fingerprint density at radius 1 is 0.523 bits per heavy atom. The molecule has 33 heteroatoms. The van der Waals surface area contributed by atoms with Gasteiger partial charge in [-0.1, -0.05) is 38.1 Å². The molecule has 0 saturated carbocycles. The van der Waals surface area contributed by atoms with Gasteiger partial charge in [-0.3, -0.25) is 57.7 Å². The van der Waals surface area contributed by atoms with Crippen LogP contribution in [0.15, 0.2) is 53.5 Å². The topological polar surface area (TPSA) is 543 Å². The standard InChI is InChI=1S/C55H85N15O17S/c1-28(2)22-35(57)47(79)68-39(23-31-10-14-33(72)15-11-31)51(83)66-36(8-5-6-20-56)48(80)62-29(3)45(77)61-25-43(74)64-42(27-88)53(85)67-37(9-7-21-60-55(58)59)49(81)63-30(4)46(78)65-38(18-19-44(75)76)50(82)69-40(24-32-12-16-34(73)17-13-32)52(84)70-41(26-71)54(86)87/h10-17,28-30,35-42,71-73,88H,5-9,18-27,56-57H2,1-4H3,(H,61,77)(H,62,80)(H,63,81)(H,64,74)(H,65,78)(H,66,83)(H,67,85)(H,68,79)(H,69,82)(H,70,84)(H,75,76)(H,86,87)(H4,58,59,60)/t29-,30-,35-,36-,37-,38-,39-,40-,41-,42-/m0/s1. The van der Waals surface area contributed by atoms with Crippen molar-refractivity contribution in [1.29, 1.82) is 0 Å². The minimum atomic E-state index is -1.79. The molecular weight excluding hydrogens is 1170 g/mol. The van der Waals surface area contributed by atoms with Gasteiger partial charge in [0, 0.05) is 31.6 Å². The lowest BCUT2D eigenvalue weighted by Crippen LogP contribution is -2.59. The third-order valence-electron chi connectivity index (χ3n) is 13.1. The summed E-state index contributed by atoms with van der Waals surface area (Å²) in [6.45, 7) is 4.70. The van der Waals surface area contributed by atoms with E-state index in [0.29, 0.717) is 30.4 Å². The van der Waals surface area contributed by atoms with Gasteiger partial charge in [-0.25, -0.2) is 4.79 Å². The molecule has 0 aliphatic heterocycles. The second-order valence-electron chi connectivity index (χ2n) is 21.0. The lowest BCUT2D eigenvalue weighted by atomic mass is 10.0. The molecule has 10 atom stereocenters. The largest absolute Gasteiger partial charge is 0.508 e. The number of aliphatic hydroxyl groups excluding tert-OH is 1. The maximum absolute atomic E-state index is 13.9. The van der Waals surface area contributed by atoms with Gasteiger partial charge in [0.2, 0.25) is 59.1 Å². The number of aliphatic carboxylic acids is 2. The minimum absolute atomic E-state index is 0.0283. The highest BCUT2D eigenvalue weighted by atomic mass is 32.1. The first-order valence-electron chi connectivity index (χ1n) is 28.2. The highest BCUT2D eigenvalue weighted by Crippen LogP contribution is 2.15. The summed E-state index contributed by atoms with van der Waals surface area (Å²) >= 11 is 4.17. The van der Waals surface area contributed by atoms with Gasteiger partial charge < -0.3 is 102 Å². The van der Waals surface area contributed by atoms with Crippen molar-refractivity contribution in [3.63, 3.8) is 0 Å². The van der Waals surface area contributed by atoms with Gasteiger partial charge in [-0.15, -0.1) is 0 Å². The molecule has 23 N–H and O–H groups in total. The summed E-state index contributed by atoms with van der Waals surface area (Å²) in [5, 5.41) is 72.1. The zero-order valence-electron chi connectivity index (χ0n) is 49.4. The number of aliphatic hydroxyl groups is 1. The number of hydrogen-bond donors (Lipinski definition) is 20. The fourth-order valence-corrected chi connectivity index (χ4v) is 8.47. The number of benzene rings is 2. The highest BCUT2D eigenvalue weighted by Gasteiger charge is 2.34. The summed E-state index contributed by atoms with van der Waals surface area (Å²) in [5.74, 6) is -12.9. The molecule has 2 rings (SSSR count). The van der Waals surface area contributed by atoms with Crippen LogP contribution in [0.1, 0.15) is 90.2 Å². The fourth-order valence-electron chi connectivity index (χ4n) is 8.21. The zero-order chi connectivity index (χ0) is 66.2. The molecule has 2 aromatic rings. The van der Waals surface area contributed by atoms with Gasteiger partial charge in [-0.2, -0.15) is 12.6 Å². The number of amides is 10. The van der Waals surface area contributed by atoms with Crippen molar-refractivity contribution < 1.29 is 83.1 Å². The number of nitrogens with two attached hydrogens (primary N) is 4. The average Bonchev–Trinajstić information content (AvgIpc) is 2.47. The van der Waals surface area contributed by atoms with E-state index in [4.69, 9.17) is 22.9 Å². The number of carbonyl (C=O) groups is 12. The number of nitrogens with one attached hydrogen (secondary N) is 10. The van der Waals surface area contributed by atoms with Crippen LogP contribution in [0, 0.1) is 5.92 Å². The van der Waals surface area contributed by atoms with E-state index in [1.807, 2.05) is 13.8 Å². The predicted octanol–water partition coefficient (Wildman–Crippen LogP) is -5.17. The second kappa shape index (κ2) is 39.1. The van der Waals surface area contributed by atoms with E-state index in [2.05, 4.69) is 70.8 Å². The maximum atomic E-state index is 13.9. The number of nitrogens with zero attached hydrogens (tertiary/aromatic N) is 1. The van der Waals surface area contributed by atoms with E-state index in [1.165, 1.54) is 50.2 Å². The summed E-state index contributed by atoms with van der Waals surface area (Å²) in [6, 6.07) is -2.99. The van der Waals surface area contributed by atoms with Crippen molar-refractivity contribution in [2.45, 2.75) is 152 Å². The van der Waals surface area contributed by atoms with E-state index < -0.39 is 157 Å². The molecule has 0 heterocycles. The summed E-state index contributed by atoms with van der Waals surface area (Å²) < 4.78 is 0. The third-order valence-corrected chi connectivity index (χ3v) is 13.4. The first-order valence-corrected chi connectivity index (χ1v) is 28.8. The molecule has 0 aliphatic carbocycles. The van der Waals surface area contributed by atoms with Gasteiger partial charge in [0.25, 0.3) is 0 Å². The van der Waals surface area contributed by atoms with E-state index in [0.717, 1.165) is 0 Å². The molecule has 488 valence electrons. The molecular formula is C55H85N15O17S. The number of thiol groups is 1.